The SMILES string of the molecule is N#CCOC(=O)Cn1ccc(N)n1. The highest BCUT2D eigenvalue weighted by Crippen LogP contribution is 1.95. The number of nitrogens with two attached hydrogens (primary N) is 1. The Labute approximate surface area is 74.5 Å². The van der Waals surface area contributed by atoms with Crippen molar-refractivity contribution in [2.75, 3.05) is 12.3 Å². The molecule has 0 saturated carbocycles. The van der Waals surface area contributed by atoms with Crippen molar-refractivity contribution in [1.29, 1.82) is 5.26 Å². The van der Waals surface area contributed by atoms with Gasteiger partial charge in [-0.1, -0.05) is 0 Å². The number of carbonyl (C=O) groups is 1. The Balaban J connectivity index is 2.41. The van der Waals surface area contributed by atoms with Crippen molar-refractivity contribution in [3.8, 4) is 6.07 Å². The Morgan fingerprint density at radius 3 is 3.15 bits per heavy atom. The molecule has 0 fully saturated rings. The molecule has 0 unspecified atom stereocenters. The number of nitriles is 1. The summed E-state index contributed by atoms with van der Waals surface area (Å²) >= 11 is 0. The number of carbonyl (C=O) groups excluding carboxylic acids is 1. The highest BCUT2D eigenvalue weighted by atomic mass is 16.5. The number of esters is 1. The summed E-state index contributed by atoms with van der Waals surface area (Å²) < 4.78 is 5.84. The molecule has 1 heterocycles. The quantitative estimate of drug-likeness (QED) is 0.634. The van der Waals surface area contributed by atoms with Crippen LogP contribution in [0.3, 0.4) is 0 Å². The third-order valence-corrected chi connectivity index (χ3v) is 1.25. The van der Waals surface area contributed by atoms with Gasteiger partial charge in [-0.3, -0.25) is 9.48 Å². The molecule has 1 rings (SSSR count). The number of rotatable bonds is 3. The third-order valence-electron chi connectivity index (χ3n) is 1.25. The lowest BCUT2D eigenvalue weighted by Crippen LogP contribution is -2.14. The predicted octanol–water partition coefficient (Wildman–Crippen LogP) is -0.468. The van der Waals surface area contributed by atoms with E-state index < -0.39 is 5.97 Å². The zero-order valence-corrected chi connectivity index (χ0v) is 6.80. The molecule has 6 nitrogen and oxygen atoms in total. The van der Waals surface area contributed by atoms with Gasteiger partial charge in [0, 0.05) is 6.20 Å². The monoisotopic (exact) mass is 180 g/mol. The van der Waals surface area contributed by atoms with Crippen molar-refractivity contribution >= 4 is 11.8 Å². The first kappa shape index (κ1) is 9.06. The fourth-order valence-electron chi connectivity index (χ4n) is 0.756. The maximum atomic E-state index is 10.9. The van der Waals surface area contributed by atoms with Crippen LogP contribution in [0.25, 0.3) is 0 Å². The van der Waals surface area contributed by atoms with Gasteiger partial charge >= 0.3 is 5.97 Å². The summed E-state index contributed by atoms with van der Waals surface area (Å²) in [7, 11) is 0. The van der Waals surface area contributed by atoms with Crippen LogP contribution in [0.1, 0.15) is 0 Å². The maximum absolute atomic E-state index is 10.9. The van der Waals surface area contributed by atoms with Gasteiger partial charge in [-0.2, -0.15) is 10.4 Å². The van der Waals surface area contributed by atoms with E-state index in [2.05, 4.69) is 9.84 Å². The summed E-state index contributed by atoms with van der Waals surface area (Å²) in [6, 6.07) is 3.26. The van der Waals surface area contributed by atoms with Crippen LogP contribution in [0.2, 0.25) is 0 Å². The Kier molecular flexibility index (Phi) is 2.87. The number of aromatic nitrogens is 2. The third kappa shape index (κ3) is 2.83. The summed E-state index contributed by atoms with van der Waals surface area (Å²) in [6.45, 7) is -0.269. The van der Waals surface area contributed by atoms with Crippen LogP contribution in [0.5, 0.6) is 0 Å². The molecular formula is C7H8N4O2. The van der Waals surface area contributed by atoms with Crippen molar-refractivity contribution in [2.24, 2.45) is 0 Å². The molecule has 0 bridgehead atoms. The van der Waals surface area contributed by atoms with Crippen LogP contribution < -0.4 is 5.73 Å². The smallest absolute Gasteiger partial charge is 0.328 e. The van der Waals surface area contributed by atoms with E-state index in [9.17, 15) is 4.79 Å². The molecule has 0 radical (unpaired) electrons. The minimum Gasteiger partial charge on any atom is -0.449 e. The molecule has 6 heteroatoms. The van der Waals surface area contributed by atoms with Gasteiger partial charge in [0.1, 0.15) is 18.4 Å². The lowest BCUT2D eigenvalue weighted by molar-refractivity contribution is -0.143. The first-order valence-corrected chi connectivity index (χ1v) is 3.54. The second-order valence-electron chi connectivity index (χ2n) is 2.26. The second-order valence-corrected chi connectivity index (χ2v) is 2.26. The van der Waals surface area contributed by atoms with Crippen LogP contribution in [-0.2, 0) is 16.1 Å². The molecule has 0 aliphatic carbocycles. The number of nitrogens with zero attached hydrogens (tertiary/aromatic N) is 3. The van der Waals surface area contributed by atoms with Gasteiger partial charge in [0.05, 0.1) is 0 Å². The van der Waals surface area contributed by atoms with Gasteiger partial charge in [0.15, 0.2) is 6.61 Å². The highest BCUT2D eigenvalue weighted by molar-refractivity contribution is 5.69. The van der Waals surface area contributed by atoms with E-state index in [1.165, 1.54) is 4.68 Å². The molecule has 1 aromatic heterocycles. The fraction of sp³-hybridized carbons (Fsp3) is 0.286. The molecule has 0 aromatic carbocycles. The number of hydrogen-bond donors (Lipinski definition) is 1. The summed E-state index contributed by atoms with van der Waals surface area (Å²) in [5, 5.41) is 11.9. The Hall–Kier alpha value is -2.03. The first-order valence-electron chi connectivity index (χ1n) is 3.54. The Bertz CT molecular complexity index is 339. The average molecular weight is 180 g/mol. The van der Waals surface area contributed by atoms with Crippen LogP contribution in [0.4, 0.5) is 5.82 Å². The van der Waals surface area contributed by atoms with Crippen molar-refractivity contribution in [3.05, 3.63) is 12.3 Å². The Morgan fingerprint density at radius 2 is 2.62 bits per heavy atom. The van der Waals surface area contributed by atoms with Crippen molar-refractivity contribution in [1.82, 2.24) is 9.78 Å². The standard InChI is InChI=1S/C7H8N4O2/c8-2-4-13-7(12)5-11-3-1-6(9)10-11/h1,3H,4-5H2,(H2,9,10). The summed E-state index contributed by atoms with van der Waals surface area (Å²) in [6.07, 6.45) is 1.56. The van der Waals surface area contributed by atoms with Crippen LogP contribution in [0.15, 0.2) is 12.3 Å². The van der Waals surface area contributed by atoms with Gasteiger partial charge in [0.25, 0.3) is 0 Å². The lowest BCUT2D eigenvalue weighted by atomic mass is 10.6. The molecule has 0 amide bonds. The first-order chi connectivity index (χ1) is 6.22. The van der Waals surface area contributed by atoms with Crippen LogP contribution >= 0.6 is 0 Å². The van der Waals surface area contributed by atoms with Crippen LogP contribution in [0, 0.1) is 11.3 Å². The van der Waals surface area contributed by atoms with Gasteiger partial charge < -0.3 is 10.5 Å². The number of hydrogen-bond acceptors (Lipinski definition) is 5. The molecule has 0 aliphatic heterocycles. The average Bonchev–Trinajstić information content (AvgIpc) is 2.48. The zero-order valence-electron chi connectivity index (χ0n) is 6.80. The van der Waals surface area contributed by atoms with Gasteiger partial charge in [0.2, 0.25) is 0 Å². The van der Waals surface area contributed by atoms with Gasteiger partial charge in [-0.05, 0) is 6.07 Å². The van der Waals surface area contributed by atoms with Crippen LogP contribution in [-0.4, -0.2) is 22.4 Å². The van der Waals surface area contributed by atoms with E-state index in [4.69, 9.17) is 11.0 Å². The Morgan fingerprint density at radius 1 is 1.85 bits per heavy atom. The molecular weight excluding hydrogens is 172 g/mol. The normalized spacial score (nSPS) is 9.15. The van der Waals surface area contributed by atoms with E-state index >= 15 is 0 Å². The molecule has 1 aromatic rings. The van der Waals surface area contributed by atoms with E-state index in [0.717, 1.165) is 0 Å². The topological polar surface area (TPSA) is 93.9 Å². The maximum Gasteiger partial charge on any atom is 0.328 e. The predicted molar refractivity (Wildman–Crippen MR) is 43.2 cm³/mol. The summed E-state index contributed by atoms with van der Waals surface area (Å²) in [5.74, 6) is -0.169. The molecule has 0 atom stereocenters. The summed E-state index contributed by atoms with van der Waals surface area (Å²) in [5.41, 5.74) is 5.32. The van der Waals surface area contributed by atoms with Gasteiger partial charge in [-0.25, -0.2) is 0 Å². The molecule has 0 saturated heterocycles. The van der Waals surface area contributed by atoms with E-state index in [0.29, 0.717) is 5.82 Å². The fourth-order valence-corrected chi connectivity index (χ4v) is 0.756. The van der Waals surface area contributed by atoms with E-state index in [1.54, 1.807) is 18.3 Å². The number of ether oxygens (including phenoxy) is 1. The largest absolute Gasteiger partial charge is 0.449 e. The summed E-state index contributed by atoms with van der Waals surface area (Å²) in [4.78, 5) is 10.9. The highest BCUT2D eigenvalue weighted by Gasteiger charge is 2.03. The molecule has 0 spiro atoms. The zero-order chi connectivity index (χ0) is 9.68. The minimum atomic E-state index is -0.510. The van der Waals surface area contributed by atoms with Crippen molar-refractivity contribution < 1.29 is 9.53 Å². The molecule has 13 heavy (non-hydrogen) atoms. The lowest BCUT2D eigenvalue weighted by Gasteiger charge is -1.99. The molecule has 0 aliphatic rings. The molecule has 2 N–H and O–H groups in total. The van der Waals surface area contributed by atoms with Crippen molar-refractivity contribution in [2.45, 2.75) is 6.54 Å². The number of anilines is 1. The second kappa shape index (κ2) is 4.11. The minimum absolute atomic E-state index is 0.0289. The van der Waals surface area contributed by atoms with E-state index in [-0.39, 0.29) is 13.2 Å². The number of nitrogen functional groups attached to an aromatic ring is 1. The molecule has 68 valence electrons. The van der Waals surface area contributed by atoms with Gasteiger partial charge in [-0.15, -0.1) is 0 Å². The van der Waals surface area contributed by atoms with E-state index in [1.807, 2.05) is 0 Å². The van der Waals surface area contributed by atoms with Crippen molar-refractivity contribution in [3.63, 3.8) is 0 Å².